The summed E-state index contributed by atoms with van der Waals surface area (Å²) >= 11 is 0. The van der Waals surface area contributed by atoms with Crippen molar-refractivity contribution in [1.29, 1.82) is 0 Å². The van der Waals surface area contributed by atoms with Gasteiger partial charge in [0.05, 0.1) is 19.9 Å². The first kappa shape index (κ1) is 18.7. The number of nitrogens with one attached hydrogen (secondary N) is 1. The number of ether oxygens (including phenoxy) is 3. The Bertz CT molecular complexity index is 853. The summed E-state index contributed by atoms with van der Waals surface area (Å²) in [7, 11) is 3.28. The summed E-state index contributed by atoms with van der Waals surface area (Å²) in [6, 6.07) is 19.8. The Kier molecular flexibility index (Phi) is 6.66. The van der Waals surface area contributed by atoms with E-state index in [-0.39, 0.29) is 0 Å². The van der Waals surface area contributed by atoms with Gasteiger partial charge in [-0.1, -0.05) is 30.3 Å². The Morgan fingerprint density at radius 1 is 0.815 bits per heavy atom. The minimum absolute atomic E-state index is 0.452. The summed E-state index contributed by atoms with van der Waals surface area (Å²) in [6.45, 7) is 1.87. The maximum atomic E-state index is 5.95. The van der Waals surface area contributed by atoms with E-state index in [1.54, 1.807) is 20.4 Å². The summed E-state index contributed by atoms with van der Waals surface area (Å²) in [4.78, 5) is 4.29. The summed E-state index contributed by atoms with van der Waals surface area (Å²) in [5.74, 6) is 2.33. The molecule has 3 aromatic rings. The molecule has 0 aliphatic heterocycles. The van der Waals surface area contributed by atoms with Crippen molar-refractivity contribution >= 4 is 0 Å². The van der Waals surface area contributed by atoms with Gasteiger partial charge < -0.3 is 19.5 Å². The van der Waals surface area contributed by atoms with E-state index in [1.807, 2.05) is 54.6 Å². The first-order valence-electron chi connectivity index (χ1n) is 8.82. The summed E-state index contributed by atoms with van der Waals surface area (Å²) in [5, 5.41) is 3.45. The third-order valence-corrected chi connectivity index (χ3v) is 4.17. The van der Waals surface area contributed by atoms with E-state index >= 15 is 0 Å². The van der Waals surface area contributed by atoms with Gasteiger partial charge in [0.2, 0.25) is 0 Å². The fraction of sp³-hybridized carbons (Fsp3) is 0.227. The highest BCUT2D eigenvalue weighted by Gasteiger charge is 2.06. The van der Waals surface area contributed by atoms with Crippen LogP contribution in [0.15, 0.2) is 66.9 Å². The lowest BCUT2D eigenvalue weighted by atomic mass is 10.1. The fourth-order valence-corrected chi connectivity index (χ4v) is 2.76. The van der Waals surface area contributed by atoms with Gasteiger partial charge in [-0.3, -0.25) is 4.98 Å². The van der Waals surface area contributed by atoms with Crippen molar-refractivity contribution in [1.82, 2.24) is 10.3 Å². The standard InChI is InChI=1S/C22H24N2O3/c1-25-21-11-10-17(13-22(21)26-2)14-23-15-18-7-3-4-9-20(18)27-16-19-8-5-6-12-24-19/h3-13,23H,14-16H2,1-2H3. The normalized spacial score (nSPS) is 10.4. The molecule has 0 bridgehead atoms. The Labute approximate surface area is 159 Å². The van der Waals surface area contributed by atoms with Crippen molar-refractivity contribution in [3.8, 4) is 17.2 Å². The zero-order valence-electron chi connectivity index (χ0n) is 15.6. The maximum absolute atomic E-state index is 5.95. The van der Waals surface area contributed by atoms with E-state index in [2.05, 4.69) is 16.4 Å². The van der Waals surface area contributed by atoms with Gasteiger partial charge in [-0.05, 0) is 35.9 Å². The molecule has 0 unspecified atom stereocenters. The van der Waals surface area contributed by atoms with Crippen LogP contribution in [-0.4, -0.2) is 19.2 Å². The molecule has 0 saturated heterocycles. The number of para-hydroxylation sites is 1. The quantitative estimate of drug-likeness (QED) is 0.623. The molecule has 1 N–H and O–H groups in total. The van der Waals surface area contributed by atoms with Crippen LogP contribution in [0, 0.1) is 0 Å². The van der Waals surface area contributed by atoms with Crippen LogP contribution in [0.2, 0.25) is 0 Å². The molecule has 0 amide bonds. The van der Waals surface area contributed by atoms with E-state index in [1.165, 1.54) is 0 Å². The molecule has 0 spiro atoms. The minimum Gasteiger partial charge on any atom is -0.493 e. The third kappa shape index (κ3) is 5.21. The van der Waals surface area contributed by atoms with E-state index in [9.17, 15) is 0 Å². The molecule has 0 atom stereocenters. The molecule has 140 valence electrons. The van der Waals surface area contributed by atoms with Gasteiger partial charge in [-0.2, -0.15) is 0 Å². The van der Waals surface area contributed by atoms with Crippen molar-refractivity contribution < 1.29 is 14.2 Å². The molecule has 1 heterocycles. The van der Waals surface area contributed by atoms with Crippen molar-refractivity contribution in [3.05, 3.63) is 83.7 Å². The molecule has 1 aromatic heterocycles. The monoisotopic (exact) mass is 364 g/mol. The Balaban J connectivity index is 1.58. The van der Waals surface area contributed by atoms with Crippen LogP contribution in [0.1, 0.15) is 16.8 Å². The average molecular weight is 364 g/mol. The maximum Gasteiger partial charge on any atom is 0.161 e. The SMILES string of the molecule is COc1ccc(CNCc2ccccc2OCc2ccccn2)cc1OC. The van der Waals surface area contributed by atoms with Gasteiger partial charge in [-0.25, -0.2) is 0 Å². The number of pyridine rings is 1. The van der Waals surface area contributed by atoms with Crippen LogP contribution in [-0.2, 0) is 19.7 Å². The number of hydrogen-bond donors (Lipinski definition) is 1. The Morgan fingerprint density at radius 3 is 2.41 bits per heavy atom. The number of methoxy groups -OCH3 is 2. The van der Waals surface area contributed by atoms with Gasteiger partial charge in [0.1, 0.15) is 12.4 Å². The van der Waals surface area contributed by atoms with Crippen molar-refractivity contribution in [2.24, 2.45) is 0 Å². The highest BCUT2D eigenvalue weighted by atomic mass is 16.5. The predicted octanol–water partition coefficient (Wildman–Crippen LogP) is 3.97. The van der Waals surface area contributed by atoms with Crippen molar-refractivity contribution in [3.63, 3.8) is 0 Å². The Morgan fingerprint density at radius 2 is 1.63 bits per heavy atom. The number of hydrogen-bond acceptors (Lipinski definition) is 5. The fourth-order valence-electron chi connectivity index (χ4n) is 2.76. The second-order valence-electron chi connectivity index (χ2n) is 6.01. The number of benzene rings is 2. The molecular weight excluding hydrogens is 340 g/mol. The minimum atomic E-state index is 0.452. The zero-order chi connectivity index (χ0) is 18.9. The number of rotatable bonds is 9. The van der Waals surface area contributed by atoms with Gasteiger partial charge in [-0.15, -0.1) is 0 Å². The summed E-state index contributed by atoms with van der Waals surface area (Å²) in [5.41, 5.74) is 3.14. The van der Waals surface area contributed by atoms with Crippen LogP contribution in [0.25, 0.3) is 0 Å². The highest BCUT2D eigenvalue weighted by Crippen LogP contribution is 2.27. The van der Waals surface area contributed by atoms with E-state index < -0.39 is 0 Å². The molecule has 2 aromatic carbocycles. The van der Waals surface area contributed by atoms with Crippen LogP contribution in [0.4, 0.5) is 0 Å². The number of aromatic nitrogens is 1. The predicted molar refractivity (Wildman–Crippen MR) is 105 cm³/mol. The van der Waals surface area contributed by atoms with Gasteiger partial charge in [0.25, 0.3) is 0 Å². The van der Waals surface area contributed by atoms with Gasteiger partial charge >= 0.3 is 0 Å². The van der Waals surface area contributed by atoms with Crippen molar-refractivity contribution in [2.75, 3.05) is 14.2 Å². The van der Waals surface area contributed by atoms with Crippen LogP contribution < -0.4 is 19.5 Å². The van der Waals surface area contributed by atoms with Crippen LogP contribution in [0.3, 0.4) is 0 Å². The summed E-state index contributed by atoms with van der Waals surface area (Å²) in [6.07, 6.45) is 1.77. The van der Waals surface area contributed by atoms with Gasteiger partial charge in [0.15, 0.2) is 11.5 Å². The molecule has 5 heteroatoms. The second kappa shape index (κ2) is 9.59. The largest absolute Gasteiger partial charge is 0.493 e. The second-order valence-corrected chi connectivity index (χ2v) is 6.01. The zero-order valence-corrected chi connectivity index (χ0v) is 15.6. The molecule has 5 nitrogen and oxygen atoms in total. The van der Waals surface area contributed by atoms with E-state index in [4.69, 9.17) is 14.2 Å². The summed E-state index contributed by atoms with van der Waals surface area (Å²) < 4.78 is 16.6. The molecule has 3 rings (SSSR count). The smallest absolute Gasteiger partial charge is 0.161 e. The van der Waals surface area contributed by atoms with Crippen molar-refractivity contribution in [2.45, 2.75) is 19.7 Å². The van der Waals surface area contributed by atoms with Crippen LogP contribution >= 0.6 is 0 Å². The molecule has 0 radical (unpaired) electrons. The van der Waals surface area contributed by atoms with Gasteiger partial charge in [0, 0.05) is 24.8 Å². The molecule has 0 fully saturated rings. The highest BCUT2D eigenvalue weighted by molar-refractivity contribution is 5.43. The molecule has 0 saturated carbocycles. The molecule has 0 aliphatic carbocycles. The van der Waals surface area contributed by atoms with Crippen LogP contribution in [0.5, 0.6) is 17.2 Å². The average Bonchev–Trinajstić information content (AvgIpc) is 2.73. The first-order valence-corrected chi connectivity index (χ1v) is 8.82. The Hall–Kier alpha value is -3.05. The molecule has 0 aliphatic rings. The lowest BCUT2D eigenvalue weighted by molar-refractivity contribution is 0.297. The van der Waals surface area contributed by atoms with E-state index in [0.717, 1.165) is 40.6 Å². The lowest BCUT2D eigenvalue weighted by Crippen LogP contribution is -2.14. The topological polar surface area (TPSA) is 52.6 Å². The lowest BCUT2D eigenvalue weighted by Gasteiger charge is -2.13. The van der Waals surface area contributed by atoms with E-state index in [0.29, 0.717) is 13.2 Å². The first-order chi connectivity index (χ1) is 13.3. The molecule has 27 heavy (non-hydrogen) atoms. The number of nitrogens with zero attached hydrogens (tertiary/aromatic N) is 1. The third-order valence-electron chi connectivity index (χ3n) is 4.17. The molecular formula is C22H24N2O3.